The Labute approximate surface area is 120 Å². The molecule has 0 spiro atoms. The fourth-order valence-corrected chi connectivity index (χ4v) is 2.34. The highest BCUT2D eigenvalue weighted by atomic mass is 19.2. The van der Waals surface area contributed by atoms with Gasteiger partial charge in [-0.25, -0.2) is 8.78 Å². The van der Waals surface area contributed by atoms with Gasteiger partial charge in [-0.3, -0.25) is 5.10 Å². The summed E-state index contributed by atoms with van der Waals surface area (Å²) in [4.78, 5) is 0. The average Bonchev–Trinajstić information content (AvgIpc) is 2.83. The van der Waals surface area contributed by atoms with Gasteiger partial charge in [0.1, 0.15) is 0 Å². The van der Waals surface area contributed by atoms with E-state index >= 15 is 0 Å². The molecule has 3 rings (SSSR count). The Morgan fingerprint density at radius 2 is 1.86 bits per heavy atom. The van der Waals surface area contributed by atoms with E-state index in [0.29, 0.717) is 11.3 Å². The van der Waals surface area contributed by atoms with Crippen molar-refractivity contribution in [1.82, 2.24) is 10.2 Å². The highest BCUT2D eigenvalue weighted by Gasteiger charge is 2.19. The Balaban J connectivity index is 2.24. The van der Waals surface area contributed by atoms with Crippen molar-refractivity contribution in [2.75, 3.05) is 5.73 Å². The van der Waals surface area contributed by atoms with E-state index in [0.717, 1.165) is 17.2 Å². The van der Waals surface area contributed by atoms with E-state index in [2.05, 4.69) is 10.2 Å². The zero-order valence-electron chi connectivity index (χ0n) is 11.3. The number of aromatic nitrogens is 2. The molecule has 0 atom stereocenters. The normalized spacial score (nSPS) is 10.8. The molecular weight excluding hydrogens is 272 g/mol. The van der Waals surface area contributed by atoms with Crippen LogP contribution in [-0.2, 0) is 0 Å². The van der Waals surface area contributed by atoms with Gasteiger partial charge in [0.15, 0.2) is 17.5 Å². The Morgan fingerprint density at radius 1 is 1.10 bits per heavy atom. The third-order valence-electron chi connectivity index (χ3n) is 3.32. The number of nitrogens with one attached hydrogen (secondary N) is 1. The maximum atomic E-state index is 14.0. The largest absolute Gasteiger partial charge is 0.382 e. The lowest BCUT2D eigenvalue weighted by molar-refractivity contribution is 0.511. The first-order chi connectivity index (χ1) is 10.1. The molecule has 0 saturated heterocycles. The number of nitrogens with two attached hydrogens (primary N) is 1. The number of benzene rings is 2. The topological polar surface area (TPSA) is 54.7 Å². The van der Waals surface area contributed by atoms with E-state index in [4.69, 9.17) is 5.73 Å². The molecule has 0 radical (unpaired) electrons. The number of halogens is 2. The van der Waals surface area contributed by atoms with Crippen molar-refractivity contribution in [3.05, 3.63) is 59.7 Å². The predicted molar refractivity (Wildman–Crippen MR) is 78.5 cm³/mol. The fourth-order valence-electron chi connectivity index (χ4n) is 2.34. The number of hydrogen-bond donors (Lipinski definition) is 2. The maximum Gasteiger partial charge on any atom is 0.168 e. The van der Waals surface area contributed by atoms with Gasteiger partial charge >= 0.3 is 0 Å². The summed E-state index contributed by atoms with van der Waals surface area (Å²) < 4.78 is 27.4. The van der Waals surface area contributed by atoms with Crippen LogP contribution >= 0.6 is 0 Å². The average molecular weight is 285 g/mol. The first-order valence-electron chi connectivity index (χ1n) is 6.43. The lowest BCUT2D eigenvalue weighted by Gasteiger charge is -2.07. The molecule has 5 heteroatoms. The molecule has 0 amide bonds. The van der Waals surface area contributed by atoms with Crippen molar-refractivity contribution in [2.24, 2.45) is 0 Å². The Kier molecular flexibility index (Phi) is 3.17. The van der Waals surface area contributed by atoms with Crippen LogP contribution in [0.4, 0.5) is 14.6 Å². The molecule has 0 aliphatic carbocycles. The predicted octanol–water partition coefficient (Wildman–Crippen LogP) is 3.91. The fraction of sp³-hybridized carbons (Fsp3) is 0.0625. The third-order valence-corrected chi connectivity index (χ3v) is 3.32. The summed E-state index contributed by atoms with van der Waals surface area (Å²) in [6.07, 6.45) is 0. The summed E-state index contributed by atoms with van der Waals surface area (Å²) in [5.74, 6) is -1.58. The Hall–Kier alpha value is -2.69. The molecule has 0 saturated carbocycles. The van der Waals surface area contributed by atoms with Crippen molar-refractivity contribution in [2.45, 2.75) is 6.92 Å². The standard InChI is InChI=1S/C16H13F2N3/c1-9-4-2-5-10(8-9)13-15(20-21-16(13)19)11-6-3-7-12(17)14(11)18/h2-8H,1H3,(H3,19,20,21). The molecule has 3 aromatic rings. The van der Waals surface area contributed by atoms with Gasteiger partial charge in [0.05, 0.1) is 11.3 Å². The molecule has 0 bridgehead atoms. The number of anilines is 1. The van der Waals surface area contributed by atoms with E-state index < -0.39 is 11.6 Å². The van der Waals surface area contributed by atoms with E-state index in [9.17, 15) is 8.78 Å². The van der Waals surface area contributed by atoms with Gasteiger partial charge in [-0.05, 0) is 24.6 Å². The van der Waals surface area contributed by atoms with Gasteiger partial charge in [0.25, 0.3) is 0 Å². The number of nitrogens with zero attached hydrogens (tertiary/aromatic N) is 1. The van der Waals surface area contributed by atoms with Gasteiger partial charge in [-0.2, -0.15) is 5.10 Å². The lowest BCUT2D eigenvalue weighted by Crippen LogP contribution is -1.92. The number of nitrogen functional groups attached to an aromatic ring is 1. The van der Waals surface area contributed by atoms with Crippen LogP contribution in [0.25, 0.3) is 22.4 Å². The minimum Gasteiger partial charge on any atom is -0.382 e. The molecule has 0 unspecified atom stereocenters. The summed E-state index contributed by atoms with van der Waals surface area (Å²) in [6.45, 7) is 1.95. The first kappa shape index (κ1) is 13.3. The smallest absolute Gasteiger partial charge is 0.168 e. The molecule has 3 nitrogen and oxygen atoms in total. The quantitative estimate of drug-likeness (QED) is 0.750. The van der Waals surface area contributed by atoms with Crippen LogP contribution in [0.1, 0.15) is 5.56 Å². The SMILES string of the molecule is Cc1cccc(-c2c(N)n[nH]c2-c2cccc(F)c2F)c1. The summed E-state index contributed by atoms with van der Waals surface area (Å²) >= 11 is 0. The zero-order chi connectivity index (χ0) is 15.0. The van der Waals surface area contributed by atoms with Crippen LogP contribution in [0, 0.1) is 18.6 Å². The summed E-state index contributed by atoms with van der Waals surface area (Å²) in [7, 11) is 0. The van der Waals surface area contributed by atoms with Gasteiger partial charge in [-0.1, -0.05) is 35.9 Å². The van der Waals surface area contributed by atoms with Gasteiger partial charge in [0, 0.05) is 5.56 Å². The molecule has 2 aromatic carbocycles. The summed E-state index contributed by atoms with van der Waals surface area (Å²) in [5, 5.41) is 6.63. The molecule has 1 heterocycles. The van der Waals surface area contributed by atoms with Gasteiger partial charge in [-0.15, -0.1) is 0 Å². The minimum absolute atomic E-state index is 0.107. The highest BCUT2D eigenvalue weighted by molar-refractivity contribution is 5.88. The Morgan fingerprint density at radius 3 is 2.62 bits per heavy atom. The zero-order valence-corrected chi connectivity index (χ0v) is 11.3. The van der Waals surface area contributed by atoms with Crippen molar-refractivity contribution in [3.63, 3.8) is 0 Å². The van der Waals surface area contributed by atoms with Crippen molar-refractivity contribution >= 4 is 5.82 Å². The number of H-pyrrole nitrogens is 1. The maximum absolute atomic E-state index is 14.0. The van der Waals surface area contributed by atoms with Gasteiger partial charge < -0.3 is 5.73 Å². The van der Waals surface area contributed by atoms with Crippen molar-refractivity contribution in [1.29, 1.82) is 0 Å². The number of hydrogen-bond acceptors (Lipinski definition) is 2. The second-order valence-corrected chi connectivity index (χ2v) is 4.83. The molecular formula is C16H13F2N3. The highest BCUT2D eigenvalue weighted by Crippen LogP contribution is 2.36. The summed E-state index contributed by atoms with van der Waals surface area (Å²) in [6, 6.07) is 11.6. The second-order valence-electron chi connectivity index (χ2n) is 4.83. The third kappa shape index (κ3) is 2.27. The van der Waals surface area contributed by atoms with Crippen LogP contribution in [0.2, 0.25) is 0 Å². The number of aromatic amines is 1. The van der Waals surface area contributed by atoms with Crippen molar-refractivity contribution in [3.8, 4) is 22.4 Å². The molecule has 0 aliphatic heterocycles. The molecule has 0 aliphatic rings. The first-order valence-corrected chi connectivity index (χ1v) is 6.43. The molecule has 1 aromatic heterocycles. The summed E-state index contributed by atoms with van der Waals surface area (Å²) in [5.41, 5.74) is 8.79. The van der Waals surface area contributed by atoms with Crippen LogP contribution in [0.5, 0.6) is 0 Å². The van der Waals surface area contributed by atoms with Crippen LogP contribution in [-0.4, -0.2) is 10.2 Å². The minimum atomic E-state index is -0.921. The van der Waals surface area contributed by atoms with Crippen LogP contribution in [0.15, 0.2) is 42.5 Å². The Bertz CT molecular complexity index is 809. The van der Waals surface area contributed by atoms with Crippen LogP contribution < -0.4 is 5.73 Å². The van der Waals surface area contributed by atoms with Crippen LogP contribution in [0.3, 0.4) is 0 Å². The van der Waals surface area contributed by atoms with E-state index in [-0.39, 0.29) is 11.4 Å². The van der Waals surface area contributed by atoms with Gasteiger partial charge in [0.2, 0.25) is 0 Å². The molecule has 106 valence electrons. The molecule has 0 fully saturated rings. The van der Waals surface area contributed by atoms with E-state index in [1.54, 1.807) is 0 Å². The number of aryl methyl sites for hydroxylation is 1. The number of rotatable bonds is 2. The van der Waals surface area contributed by atoms with Crippen molar-refractivity contribution < 1.29 is 8.78 Å². The van der Waals surface area contributed by atoms with E-state index in [1.807, 2.05) is 31.2 Å². The monoisotopic (exact) mass is 285 g/mol. The van der Waals surface area contributed by atoms with E-state index in [1.165, 1.54) is 12.1 Å². The molecule has 21 heavy (non-hydrogen) atoms. The lowest BCUT2D eigenvalue weighted by atomic mass is 9.99. The second kappa shape index (κ2) is 5.01. The molecule has 3 N–H and O–H groups in total.